The van der Waals surface area contributed by atoms with E-state index in [-0.39, 0.29) is 31.3 Å². The normalized spacial score (nSPS) is 14.2. The van der Waals surface area contributed by atoms with Crippen LogP contribution in [-0.4, -0.2) is 64.7 Å². The molecule has 0 fully saturated rings. The third-order valence-electron chi connectivity index (χ3n) is 8.72. The van der Waals surface area contributed by atoms with Crippen LogP contribution in [-0.2, 0) is 32.1 Å². The minimum Gasteiger partial charge on any atom is -0.445 e. The lowest BCUT2D eigenvalue weighted by Gasteiger charge is -2.29. The van der Waals surface area contributed by atoms with Crippen molar-refractivity contribution in [3.8, 4) is 0 Å². The van der Waals surface area contributed by atoms with E-state index in [1.165, 1.54) is 0 Å². The van der Waals surface area contributed by atoms with Crippen molar-refractivity contribution in [1.29, 1.82) is 0 Å². The van der Waals surface area contributed by atoms with Gasteiger partial charge in [0.2, 0.25) is 17.7 Å². The predicted molar refractivity (Wildman–Crippen MR) is 195 cm³/mol. The Kier molecular flexibility index (Phi) is 16.7. The average Bonchev–Trinajstić information content (AvgIpc) is 3.11. The number of unbranched alkanes of at least 4 members (excludes halogenated alkanes) is 1. The van der Waals surface area contributed by atoms with Gasteiger partial charge in [-0.2, -0.15) is 0 Å². The molecule has 272 valence electrons. The molecule has 4 amide bonds. The fourth-order valence-electron chi connectivity index (χ4n) is 5.56. The molecule has 3 aromatic rings. The second-order valence-corrected chi connectivity index (χ2v) is 13.5. The van der Waals surface area contributed by atoms with Gasteiger partial charge in [0.05, 0.1) is 24.1 Å². The van der Waals surface area contributed by atoms with E-state index >= 15 is 0 Å². The lowest BCUT2D eigenvalue weighted by Crippen LogP contribution is -2.57. The molecule has 3 unspecified atom stereocenters. The van der Waals surface area contributed by atoms with Crippen molar-refractivity contribution in [2.24, 2.45) is 11.8 Å². The smallest absolute Gasteiger partial charge is 0.408 e. The molecule has 0 saturated carbocycles. The average molecular weight is 690 g/mol. The van der Waals surface area contributed by atoms with Crippen molar-refractivity contribution in [2.45, 2.75) is 110 Å². The number of nitrogens with zero attached hydrogens (tertiary/aromatic N) is 1. The lowest BCUT2D eigenvalue weighted by atomic mass is 9.96. The number of rotatable bonds is 20. The van der Waals surface area contributed by atoms with Crippen molar-refractivity contribution in [3.63, 3.8) is 0 Å². The molecular weight excluding hydrogens is 634 g/mol. The number of amides is 4. The number of fused-ring (bicyclic) bond motifs is 1. The number of aromatic nitrogens is 1. The fourth-order valence-corrected chi connectivity index (χ4v) is 5.56. The summed E-state index contributed by atoms with van der Waals surface area (Å²) in [5, 5.41) is 23.3. The van der Waals surface area contributed by atoms with Crippen molar-refractivity contribution in [3.05, 3.63) is 78.0 Å². The molecule has 1 heterocycles. The monoisotopic (exact) mass is 689 g/mol. The highest BCUT2D eigenvalue weighted by Gasteiger charge is 2.31. The summed E-state index contributed by atoms with van der Waals surface area (Å²) in [7, 11) is 0. The summed E-state index contributed by atoms with van der Waals surface area (Å²) in [5.74, 6) is -0.868. The Morgan fingerprint density at radius 3 is 2.26 bits per heavy atom. The van der Waals surface area contributed by atoms with Gasteiger partial charge in [0.1, 0.15) is 18.7 Å². The van der Waals surface area contributed by atoms with E-state index in [2.05, 4.69) is 26.3 Å². The van der Waals surface area contributed by atoms with Crippen LogP contribution in [0.2, 0.25) is 0 Å². The van der Waals surface area contributed by atoms with Crippen LogP contribution in [0.15, 0.2) is 66.9 Å². The predicted octanol–water partition coefficient (Wildman–Crippen LogP) is 5.19. The number of hydrogen-bond acceptors (Lipinski definition) is 7. The number of alkyl carbamates (subject to hydrolysis) is 1. The molecule has 0 aliphatic rings. The number of pyridine rings is 1. The van der Waals surface area contributed by atoms with Gasteiger partial charge in [-0.3, -0.25) is 19.4 Å². The Morgan fingerprint density at radius 2 is 1.56 bits per heavy atom. The Balaban J connectivity index is 1.79. The fraction of sp³-hybridized carbons (Fsp3) is 0.513. The molecular formula is C39H55N5O6. The zero-order valence-electron chi connectivity index (χ0n) is 30.1. The van der Waals surface area contributed by atoms with Gasteiger partial charge in [0.25, 0.3) is 0 Å². The van der Waals surface area contributed by atoms with E-state index in [0.29, 0.717) is 31.7 Å². The lowest BCUT2D eigenvalue weighted by molar-refractivity contribution is -0.131. The zero-order chi connectivity index (χ0) is 36.5. The number of aliphatic hydroxyl groups is 1. The first-order valence-corrected chi connectivity index (χ1v) is 17.9. The molecule has 0 spiro atoms. The van der Waals surface area contributed by atoms with Crippen molar-refractivity contribution >= 4 is 34.7 Å². The second kappa shape index (κ2) is 20.9. The third kappa shape index (κ3) is 13.4. The molecule has 0 bridgehead atoms. The number of aliphatic hydroxyl groups excluding tert-OH is 1. The van der Waals surface area contributed by atoms with Gasteiger partial charge in [0, 0.05) is 24.5 Å². The first kappa shape index (κ1) is 39.9. The molecule has 3 rings (SSSR count). The number of ether oxygens (including phenoxy) is 1. The summed E-state index contributed by atoms with van der Waals surface area (Å²) >= 11 is 0. The topological polar surface area (TPSA) is 159 Å². The molecule has 11 heteroatoms. The number of hydrogen-bond donors (Lipinski definition) is 5. The van der Waals surface area contributed by atoms with Crippen LogP contribution in [0.5, 0.6) is 0 Å². The first-order valence-electron chi connectivity index (χ1n) is 17.9. The number of carbonyl (C=O) groups excluding carboxylic acids is 4. The maximum absolute atomic E-state index is 14.0. The number of para-hydroxylation sites is 1. The van der Waals surface area contributed by atoms with Crippen LogP contribution in [0.3, 0.4) is 0 Å². The number of benzene rings is 2. The molecule has 5 atom stereocenters. The van der Waals surface area contributed by atoms with E-state index in [0.717, 1.165) is 34.9 Å². The standard InChI is InChI=1S/C39H55N5O6/c1-6-8-17-32(37(47)43-33(21-26(3)4)35(45)23-36(46)41-24-27(5)7-2)42-38(48)34(44-39(49)50-25-28-14-10-9-11-15-28)22-29-19-20-40-31-18-13-12-16-30(29)31/h9-16,18-20,26-27,32-35,45H,6-8,17,21-25H2,1-5H3,(H,41,46)(H,42,48)(H,43,47)(H,44,49)/t27?,32-,33?,34-,35?/m0/s1. The second-order valence-electron chi connectivity index (χ2n) is 13.5. The van der Waals surface area contributed by atoms with Crippen molar-refractivity contribution in [2.75, 3.05) is 6.54 Å². The Hall–Kier alpha value is -4.51. The zero-order valence-corrected chi connectivity index (χ0v) is 30.1. The van der Waals surface area contributed by atoms with Gasteiger partial charge in [-0.25, -0.2) is 4.79 Å². The molecule has 0 saturated heterocycles. The maximum atomic E-state index is 14.0. The SMILES string of the molecule is CCCC[C@H](NC(=O)[C@H](Cc1ccnc2ccccc12)NC(=O)OCc1ccccc1)C(=O)NC(CC(C)C)C(O)CC(=O)NCC(C)CC. The van der Waals surface area contributed by atoms with Gasteiger partial charge < -0.3 is 31.1 Å². The minimum atomic E-state index is -1.12. The number of carbonyl (C=O) groups is 4. The van der Waals surface area contributed by atoms with E-state index in [1.807, 2.05) is 89.2 Å². The molecule has 50 heavy (non-hydrogen) atoms. The van der Waals surface area contributed by atoms with Crippen molar-refractivity contribution < 1.29 is 29.0 Å². The van der Waals surface area contributed by atoms with Crippen LogP contribution in [0.1, 0.15) is 84.3 Å². The van der Waals surface area contributed by atoms with Crippen LogP contribution in [0.25, 0.3) is 10.9 Å². The molecule has 0 radical (unpaired) electrons. The van der Waals surface area contributed by atoms with Gasteiger partial charge in [-0.05, 0) is 47.9 Å². The Labute approximate surface area is 296 Å². The molecule has 2 aromatic carbocycles. The van der Waals surface area contributed by atoms with Gasteiger partial charge in [0.15, 0.2) is 0 Å². The van der Waals surface area contributed by atoms with E-state index in [9.17, 15) is 24.3 Å². The van der Waals surface area contributed by atoms with Gasteiger partial charge in [-0.15, -0.1) is 0 Å². The minimum absolute atomic E-state index is 0.0238. The summed E-state index contributed by atoms with van der Waals surface area (Å²) in [4.78, 5) is 57.8. The third-order valence-corrected chi connectivity index (χ3v) is 8.72. The summed E-state index contributed by atoms with van der Waals surface area (Å²) in [6.07, 6.45) is 2.87. The Morgan fingerprint density at radius 1 is 0.860 bits per heavy atom. The highest BCUT2D eigenvalue weighted by molar-refractivity contribution is 5.92. The van der Waals surface area contributed by atoms with E-state index in [1.54, 1.807) is 12.3 Å². The van der Waals surface area contributed by atoms with E-state index in [4.69, 9.17) is 4.74 Å². The molecule has 11 nitrogen and oxygen atoms in total. The molecule has 0 aliphatic carbocycles. The van der Waals surface area contributed by atoms with Crippen LogP contribution >= 0.6 is 0 Å². The summed E-state index contributed by atoms with van der Waals surface area (Å²) in [6.45, 7) is 10.6. The highest BCUT2D eigenvalue weighted by Crippen LogP contribution is 2.19. The summed E-state index contributed by atoms with van der Waals surface area (Å²) in [6, 6.07) is 15.8. The van der Waals surface area contributed by atoms with Crippen LogP contribution < -0.4 is 21.3 Å². The maximum Gasteiger partial charge on any atom is 0.408 e. The highest BCUT2D eigenvalue weighted by atomic mass is 16.5. The molecule has 5 N–H and O–H groups in total. The van der Waals surface area contributed by atoms with Crippen molar-refractivity contribution in [1.82, 2.24) is 26.3 Å². The van der Waals surface area contributed by atoms with Crippen LogP contribution in [0, 0.1) is 11.8 Å². The first-order chi connectivity index (χ1) is 24.0. The van der Waals surface area contributed by atoms with E-state index < -0.39 is 42.1 Å². The summed E-state index contributed by atoms with van der Waals surface area (Å²) < 4.78 is 5.45. The quantitative estimate of drug-likeness (QED) is 0.109. The van der Waals surface area contributed by atoms with Crippen LogP contribution in [0.4, 0.5) is 4.79 Å². The largest absolute Gasteiger partial charge is 0.445 e. The number of nitrogens with one attached hydrogen (secondary N) is 4. The molecule has 0 aliphatic heterocycles. The summed E-state index contributed by atoms with van der Waals surface area (Å²) in [5.41, 5.74) is 2.34. The van der Waals surface area contributed by atoms with Gasteiger partial charge in [-0.1, -0.05) is 102 Å². The molecule has 1 aromatic heterocycles. The Bertz CT molecular complexity index is 1510. The van der Waals surface area contributed by atoms with Gasteiger partial charge >= 0.3 is 6.09 Å².